The molecule has 1 aliphatic heterocycles. The van der Waals surface area contributed by atoms with Crippen LogP contribution in [0.15, 0.2) is 42.6 Å². The van der Waals surface area contributed by atoms with E-state index in [-0.39, 0.29) is 47.9 Å². The third kappa shape index (κ3) is 4.73. The number of amidine groups is 1. The van der Waals surface area contributed by atoms with Crippen molar-refractivity contribution in [2.75, 3.05) is 14.1 Å². The molecule has 7 nitrogen and oxygen atoms in total. The Kier molecular flexibility index (Phi) is 6.86. The van der Waals surface area contributed by atoms with E-state index in [2.05, 4.69) is 0 Å². The number of nitrogens with one attached hydrogen (secondary N) is 1. The number of carbonyl (C=O) groups excluding carboxylic acids is 3. The SMILES string of the molecule is CC(=O)c1cn(CC(=O)N2[C@@H]3C[C@@H]3C[C@H]2C(=O)CCc2cccc(Cl)c2F)c2ccc(C(=N)N(C)C)cc12. The molecule has 3 aromatic rings. The minimum absolute atomic E-state index is 0.00414. The zero-order valence-electron chi connectivity index (χ0n) is 21.6. The number of benzene rings is 2. The van der Waals surface area contributed by atoms with E-state index in [1.807, 2.05) is 18.2 Å². The summed E-state index contributed by atoms with van der Waals surface area (Å²) >= 11 is 5.87. The fourth-order valence-electron chi connectivity index (χ4n) is 5.61. The first kappa shape index (κ1) is 26.1. The lowest BCUT2D eigenvalue weighted by atomic mass is 10.00. The zero-order valence-corrected chi connectivity index (χ0v) is 22.4. The van der Waals surface area contributed by atoms with E-state index >= 15 is 0 Å². The highest BCUT2D eigenvalue weighted by atomic mass is 35.5. The molecule has 0 radical (unpaired) electrons. The molecular weight excluding hydrogens is 507 g/mol. The second-order valence-corrected chi connectivity index (χ2v) is 10.9. The molecule has 2 aromatic carbocycles. The second kappa shape index (κ2) is 9.98. The van der Waals surface area contributed by atoms with E-state index in [0.717, 1.165) is 11.9 Å². The van der Waals surface area contributed by atoms with Crippen LogP contribution in [0.3, 0.4) is 0 Å². The van der Waals surface area contributed by atoms with Crippen LogP contribution in [0.5, 0.6) is 0 Å². The maximum Gasteiger partial charge on any atom is 0.243 e. The number of nitrogens with zero attached hydrogens (tertiary/aromatic N) is 3. The largest absolute Gasteiger partial charge is 0.363 e. The van der Waals surface area contributed by atoms with Gasteiger partial charge in [0, 0.05) is 54.8 Å². The molecule has 2 aliphatic rings. The molecule has 5 rings (SSSR count). The number of Topliss-reactive ketones (excluding diaryl/α,β-unsaturated/α-hetero) is 2. The Labute approximate surface area is 225 Å². The summed E-state index contributed by atoms with van der Waals surface area (Å²) in [5.41, 5.74) is 2.29. The number of fused-ring (bicyclic) bond motifs is 2. The predicted octanol–water partition coefficient (Wildman–Crippen LogP) is 4.71. The maximum atomic E-state index is 14.3. The Morgan fingerprint density at radius 3 is 2.63 bits per heavy atom. The molecule has 1 aliphatic carbocycles. The summed E-state index contributed by atoms with van der Waals surface area (Å²) in [5.74, 6) is -0.225. The third-order valence-corrected chi connectivity index (χ3v) is 8.01. The summed E-state index contributed by atoms with van der Waals surface area (Å²) in [6, 6.07) is 9.74. The van der Waals surface area contributed by atoms with Gasteiger partial charge in [-0.3, -0.25) is 19.8 Å². The van der Waals surface area contributed by atoms with E-state index in [1.54, 1.807) is 46.8 Å². The van der Waals surface area contributed by atoms with Crippen LogP contribution in [0.4, 0.5) is 4.39 Å². The van der Waals surface area contributed by atoms with Gasteiger partial charge in [-0.2, -0.15) is 0 Å². The van der Waals surface area contributed by atoms with Gasteiger partial charge in [0.2, 0.25) is 5.91 Å². The highest BCUT2D eigenvalue weighted by Gasteiger charge is 2.55. The summed E-state index contributed by atoms with van der Waals surface area (Å²) < 4.78 is 16.1. The molecule has 38 heavy (non-hydrogen) atoms. The molecule has 1 amide bonds. The first-order valence-corrected chi connectivity index (χ1v) is 13.1. The first-order chi connectivity index (χ1) is 18.1. The average molecular weight is 537 g/mol. The lowest BCUT2D eigenvalue weighted by Crippen LogP contribution is -2.44. The van der Waals surface area contributed by atoms with Crippen LogP contribution in [-0.2, 0) is 22.6 Å². The van der Waals surface area contributed by atoms with Gasteiger partial charge in [-0.05, 0) is 61.9 Å². The van der Waals surface area contributed by atoms with Gasteiger partial charge in [0.05, 0.1) is 11.1 Å². The number of aromatic nitrogens is 1. The van der Waals surface area contributed by atoms with Gasteiger partial charge in [-0.15, -0.1) is 0 Å². The van der Waals surface area contributed by atoms with Crippen LogP contribution >= 0.6 is 11.6 Å². The van der Waals surface area contributed by atoms with Gasteiger partial charge in [-0.25, -0.2) is 4.39 Å². The number of ketones is 2. The predicted molar refractivity (Wildman–Crippen MR) is 144 cm³/mol. The quantitative estimate of drug-likeness (QED) is 0.256. The Morgan fingerprint density at radius 1 is 1.16 bits per heavy atom. The lowest BCUT2D eigenvalue weighted by molar-refractivity contribution is -0.139. The summed E-state index contributed by atoms with van der Waals surface area (Å²) in [7, 11) is 3.57. The van der Waals surface area contributed by atoms with Crippen LogP contribution < -0.4 is 0 Å². The molecule has 198 valence electrons. The molecule has 0 bridgehead atoms. The summed E-state index contributed by atoms with van der Waals surface area (Å²) in [6.07, 6.45) is 3.57. The van der Waals surface area contributed by atoms with E-state index < -0.39 is 11.9 Å². The van der Waals surface area contributed by atoms with Crippen molar-refractivity contribution in [2.45, 2.75) is 51.2 Å². The van der Waals surface area contributed by atoms with E-state index in [1.165, 1.54) is 13.0 Å². The molecule has 9 heteroatoms. The summed E-state index contributed by atoms with van der Waals surface area (Å²) in [6.45, 7) is 1.49. The van der Waals surface area contributed by atoms with Crippen molar-refractivity contribution >= 4 is 45.8 Å². The van der Waals surface area contributed by atoms with Crippen molar-refractivity contribution < 1.29 is 18.8 Å². The van der Waals surface area contributed by atoms with E-state index in [0.29, 0.717) is 40.3 Å². The molecule has 1 saturated carbocycles. The zero-order chi connectivity index (χ0) is 27.3. The van der Waals surface area contributed by atoms with Gasteiger partial charge >= 0.3 is 0 Å². The second-order valence-electron chi connectivity index (χ2n) is 10.5. The third-order valence-electron chi connectivity index (χ3n) is 7.72. The summed E-state index contributed by atoms with van der Waals surface area (Å²) in [5, 5.41) is 9.01. The molecule has 3 atom stereocenters. The Morgan fingerprint density at radius 2 is 1.92 bits per heavy atom. The molecule has 1 aromatic heterocycles. The molecule has 2 fully saturated rings. The minimum Gasteiger partial charge on any atom is -0.363 e. The van der Waals surface area contributed by atoms with Crippen molar-refractivity contribution in [3.63, 3.8) is 0 Å². The fourth-order valence-corrected chi connectivity index (χ4v) is 5.80. The minimum atomic E-state index is -0.519. The van der Waals surface area contributed by atoms with Crippen LogP contribution in [0.1, 0.15) is 47.7 Å². The molecule has 2 heterocycles. The number of piperidine rings is 1. The smallest absolute Gasteiger partial charge is 0.243 e. The van der Waals surface area contributed by atoms with Crippen molar-refractivity contribution in [2.24, 2.45) is 5.92 Å². The normalized spacial score (nSPS) is 19.9. The Balaban J connectivity index is 1.36. The Hall–Kier alpha value is -3.52. The number of rotatable bonds is 8. The van der Waals surface area contributed by atoms with Crippen molar-refractivity contribution in [3.8, 4) is 0 Å². The van der Waals surface area contributed by atoms with Crippen molar-refractivity contribution in [1.82, 2.24) is 14.4 Å². The van der Waals surface area contributed by atoms with Crippen LogP contribution in [0.2, 0.25) is 5.02 Å². The highest BCUT2D eigenvalue weighted by Crippen LogP contribution is 2.48. The molecule has 0 unspecified atom stereocenters. The van der Waals surface area contributed by atoms with Crippen molar-refractivity contribution in [1.29, 1.82) is 5.41 Å². The van der Waals surface area contributed by atoms with E-state index in [4.69, 9.17) is 17.0 Å². The van der Waals surface area contributed by atoms with Gasteiger partial charge < -0.3 is 14.4 Å². The van der Waals surface area contributed by atoms with Crippen molar-refractivity contribution in [3.05, 3.63) is 70.1 Å². The van der Waals surface area contributed by atoms with Gasteiger partial charge in [0.25, 0.3) is 0 Å². The number of halogens is 2. The molecule has 1 saturated heterocycles. The first-order valence-electron chi connectivity index (χ1n) is 12.7. The van der Waals surface area contributed by atoms with Gasteiger partial charge in [-0.1, -0.05) is 23.7 Å². The fraction of sp³-hybridized carbons (Fsp3) is 0.379. The number of carbonyl (C=O) groups is 3. The highest BCUT2D eigenvalue weighted by molar-refractivity contribution is 6.30. The lowest BCUT2D eigenvalue weighted by Gasteiger charge is -2.27. The standard InChI is InChI=1S/C29H30ClFN4O3/c1-16(36)21-14-34(23-9-7-18(11-20(21)23)29(32)33(2)3)15-27(38)35-24-12-19(24)13-25(35)26(37)10-8-17-5-4-6-22(30)28(17)31/h4-7,9,11,14,19,24-25,32H,8,10,12-13,15H2,1-3H3/t19-,24-,25+/m1/s1. The monoisotopic (exact) mass is 536 g/mol. The Bertz CT molecular complexity index is 1480. The maximum absolute atomic E-state index is 14.3. The van der Waals surface area contributed by atoms with Crippen LogP contribution in [-0.4, -0.2) is 63.9 Å². The van der Waals surface area contributed by atoms with Crippen LogP contribution in [0, 0.1) is 17.1 Å². The average Bonchev–Trinajstić information content (AvgIpc) is 3.39. The van der Waals surface area contributed by atoms with Gasteiger partial charge in [0.15, 0.2) is 11.6 Å². The molecule has 0 spiro atoms. The van der Waals surface area contributed by atoms with Gasteiger partial charge in [0.1, 0.15) is 18.2 Å². The molecular formula is C29H30ClFN4O3. The number of hydrogen-bond donors (Lipinski definition) is 1. The van der Waals surface area contributed by atoms with E-state index in [9.17, 15) is 18.8 Å². The number of likely N-dealkylation sites (tertiary alicyclic amines) is 1. The molecule has 1 N–H and O–H groups in total. The number of amides is 1. The number of hydrogen-bond acceptors (Lipinski definition) is 4. The van der Waals surface area contributed by atoms with Crippen LogP contribution in [0.25, 0.3) is 10.9 Å². The number of aryl methyl sites for hydroxylation is 1. The topological polar surface area (TPSA) is 86.5 Å². The summed E-state index contributed by atoms with van der Waals surface area (Å²) in [4.78, 5) is 42.6.